The van der Waals surface area contributed by atoms with Gasteiger partial charge in [0, 0.05) is 12.1 Å². The minimum absolute atomic E-state index is 0.0742. The number of likely N-dealkylation sites (N-methyl/N-ethyl adjacent to an activating group) is 1. The monoisotopic (exact) mass is 467 g/mol. The van der Waals surface area contributed by atoms with Crippen molar-refractivity contribution in [3.05, 3.63) is 67.2 Å². The Balaban J connectivity index is 1.80. The van der Waals surface area contributed by atoms with Crippen molar-refractivity contribution in [2.75, 3.05) is 27.5 Å². The summed E-state index contributed by atoms with van der Waals surface area (Å²) in [6, 6.07) is 7.17. The fourth-order valence-electron chi connectivity index (χ4n) is 5.02. The highest BCUT2D eigenvalue weighted by atomic mass is 32.1. The minimum Gasteiger partial charge on any atom is -0.859 e. The Labute approximate surface area is 196 Å². The zero-order valence-electron chi connectivity index (χ0n) is 18.9. The van der Waals surface area contributed by atoms with Gasteiger partial charge in [0.1, 0.15) is 6.04 Å². The van der Waals surface area contributed by atoms with E-state index in [9.17, 15) is 9.90 Å². The molecule has 8 nitrogen and oxygen atoms in total. The number of aromatic amines is 1. The van der Waals surface area contributed by atoms with E-state index in [0.29, 0.717) is 22.9 Å². The lowest BCUT2D eigenvalue weighted by atomic mass is 9.87. The third-order valence-electron chi connectivity index (χ3n) is 6.37. The van der Waals surface area contributed by atoms with Crippen molar-refractivity contribution in [1.29, 1.82) is 0 Å². The molecular formula is C24H25N3O5S. The van der Waals surface area contributed by atoms with E-state index < -0.39 is 17.5 Å². The van der Waals surface area contributed by atoms with Gasteiger partial charge >= 0.3 is 0 Å². The highest BCUT2D eigenvalue weighted by Gasteiger charge is 2.39. The van der Waals surface area contributed by atoms with E-state index in [-0.39, 0.29) is 17.1 Å². The SMILES string of the molecule is COc1c2c(cc3c1[C@@H](c1c([O-])n(-c4cc(C)cc(C)c4)c(=S)[nH]c1=O)[NH+](C)CC3)OCO2. The van der Waals surface area contributed by atoms with Crippen molar-refractivity contribution in [3.8, 4) is 28.8 Å². The van der Waals surface area contributed by atoms with Crippen LogP contribution in [0.2, 0.25) is 0 Å². The first-order chi connectivity index (χ1) is 15.8. The van der Waals surface area contributed by atoms with E-state index in [1.807, 2.05) is 45.2 Å². The van der Waals surface area contributed by atoms with Gasteiger partial charge in [-0.05, 0) is 66.8 Å². The van der Waals surface area contributed by atoms with E-state index in [1.165, 1.54) is 4.57 Å². The van der Waals surface area contributed by atoms with Gasteiger partial charge in [-0.3, -0.25) is 9.78 Å². The van der Waals surface area contributed by atoms with E-state index in [4.69, 9.17) is 26.4 Å². The summed E-state index contributed by atoms with van der Waals surface area (Å²) >= 11 is 5.42. The topological polar surface area (TPSA) is 93.0 Å². The molecule has 0 spiro atoms. The number of hydrogen-bond acceptors (Lipinski definition) is 6. The smallest absolute Gasteiger partial charge is 0.260 e. The van der Waals surface area contributed by atoms with E-state index in [2.05, 4.69) is 4.98 Å². The summed E-state index contributed by atoms with van der Waals surface area (Å²) in [4.78, 5) is 17.0. The van der Waals surface area contributed by atoms with Crippen LogP contribution in [0.15, 0.2) is 29.1 Å². The van der Waals surface area contributed by atoms with Gasteiger partial charge in [-0.15, -0.1) is 0 Å². The highest BCUT2D eigenvalue weighted by molar-refractivity contribution is 7.71. The third-order valence-corrected chi connectivity index (χ3v) is 6.66. The zero-order valence-corrected chi connectivity index (χ0v) is 19.7. The number of quaternary nitrogens is 1. The van der Waals surface area contributed by atoms with Crippen molar-refractivity contribution in [1.82, 2.24) is 9.55 Å². The lowest BCUT2D eigenvalue weighted by molar-refractivity contribution is -0.908. The number of rotatable bonds is 3. The normalized spacial score (nSPS) is 18.8. The summed E-state index contributed by atoms with van der Waals surface area (Å²) in [7, 11) is 3.53. The maximum atomic E-state index is 13.9. The van der Waals surface area contributed by atoms with E-state index in [0.717, 1.165) is 40.1 Å². The molecule has 0 saturated heterocycles. The van der Waals surface area contributed by atoms with Gasteiger partial charge in [-0.1, -0.05) is 6.07 Å². The Morgan fingerprint density at radius 3 is 2.61 bits per heavy atom. The molecule has 0 radical (unpaired) electrons. The van der Waals surface area contributed by atoms with Crippen molar-refractivity contribution in [2.24, 2.45) is 0 Å². The fraction of sp³-hybridized carbons (Fsp3) is 0.333. The Morgan fingerprint density at radius 2 is 1.91 bits per heavy atom. The Bertz CT molecular complexity index is 1370. The lowest BCUT2D eigenvalue weighted by Crippen LogP contribution is -3.10. The van der Waals surface area contributed by atoms with Gasteiger partial charge in [-0.25, -0.2) is 0 Å². The molecule has 9 heteroatoms. The summed E-state index contributed by atoms with van der Waals surface area (Å²) in [6.45, 7) is 4.76. The van der Waals surface area contributed by atoms with Crippen molar-refractivity contribution in [2.45, 2.75) is 26.3 Å². The number of hydrogen-bond donors (Lipinski definition) is 2. The lowest BCUT2D eigenvalue weighted by Gasteiger charge is -2.35. The molecule has 2 aromatic carbocycles. The number of nitrogens with one attached hydrogen (secondary N) is 2. The first-order valence-corrected chi connectivity index (χ1v) is 11.2. The quantitative estimate of drug-likeness (QED) is 0.567. The van der Waals surface area contributed by atoms with Crippen LogP contribution in [0.4, 0.5) is 0 Å². The molecule has 2 aliphatic rings. The molecular weight excluding hydrogens is 442 g/mol. The summed E-state index contributed by atoms with van der Waals surface area (Å²) in [5.41, 5.74) is 4.02. The number of H-pyrrole nitrogens is 1. The molecule has 3 heterocycles. The molecule has 2 atom stereocenters. The number of aryl methyl sites for hydroxylation is 2. The second-order valence-electron chi connectivity index (χ2n) is 8.66. The Hall–Kier alpha value is -3.30. The molecule has 1 aromatic heterocycles. The summed E-state index contributed by atoms with van der Waals surface area (Å²) in [5.74, 6) is 1.20. The first kappa shape index (κ1) is 21.5. The van der Waals surface area contributed by atoms with Gasteiger partial charge in [0.15, 0.2) is 16.3 Å². The van der Waals surface area contributed by atoms with Gasteiger partial charge in [0.05, 0.1) is 31.8 Å². The molecule has 0 bridgehead atoms. The maximum absolute atomic E-state index is 13.9. The highest BCUT2D eigenvalue weighted by Crippen LogP contribution is 2.48. The number of ether oxygens (including phenoxy) is 3. The first-order valence-electron chi connectivity index (χ1n) is 10.8. The van der Waals surface area contributed by atoms with Crippen LogP contribution in [0.5, 0.6) is 23.1 Å². The van der Waals surface area contributed by atoms with Crippen LogP contribution in [0.25, 0.3) is 5.69 Å². The van der Waals surface area contributed by atoms with Gasteiger partial charge < -0.3 is 28.8 Å². The minimum atomic E-state index is -0.554. The number of methoxy groups -OCH3 is 1. The van der Waals surface area contributed by atoms with Crippen molar-refractivity contribution < 1.29 is 24.2 Å². The zero-order chi connectivity index (χ0) is 23.4. The molecule has 33 heavy (non-hydrogen) atoms. The molecule has 0 fully saturated rings. The molecule has 172 valence electrons. The molecule has 2 N–H and O–H groups in total. The van der Waals surface area contributed by atoms with Crippen LogP contribution < -0.4 is 29.8 Å². The van der Waals surface area contributed by atoms with Crippen LogP contribution >= 0.6 is 12.2 Å². The number of fused-ring (bicyclic) bond motifs is 2. The van der Waals surface area contributed by atoms with Crippen LogP contribution in [0.3, 0.4) is 0 Å². The van der Waals surface area contributed by atoms with Gasteiger partial charge in [-0.2, -0.15) is 0 Å². The summed E-state index contributed by atoms with van der Waals surface area (Å²) < 4.78 is 18.5. The Kier molecular flexibility index (Phi) is 5.18. The average Bonchev–Trinajstić information content (AvgIpc) is 3.21. The molecule has 1 unspecified atom stereocenters. The number of aromatic nitrogens is 2. The molecule has 0 saturated carbocycles. The number of benzene rings is 2. The summed E-state index contributed by atoms with van der Waals surface area (Å²) in [6.07, 6.45) is 0.757. The van der Waals surface area contributed by atoms with Crippen LogP contribution in [0.1, 0.15) is 33.9 Å². The second kappa shape index (κ2) is 7.93. The van der Waals surface area contributed by atoms with Crippen LogP contribution in [0, 0.1) is 18.6 Å². The summed E-state index contributed by atoms with van der Waals surface area (Å²) in [5, 5.41) is 13.9. The maximum Gasteiger partial charge on any atom is 0.260 e. The predicted molar refractivity (Wildman–Crippen MR) is 123 cm³/mol. The second-order valence-corrected chi connectivity index (χ2v) is 9.04. The standard InChI is InChI=1S/C24H25N3O5S/c1-12-7-13(2)9-15(8-12)27-23(29)18(22(28)25-24(27)33)19-17-14(5-6-26(19)3)10-16-20(21(17)30-4)32-11-31-16/h7-10,19,29H,5-6,11H2,1-4H3,(H,25,28,33)/t19-/m0/s1. The van der Waals surface area contributed by atoms with E-state index in [1.54, 1.807) is 7.11 Å². The Morgan fingerprint density at radius 1 is 1.18 bits per heavy atom. The van der Waals surface area contributed by atoms with Crippen molar-refractivity contribution in [3.63, 3.8) is 0 Å². The van der Waals surface area contributed by atoms with Crippen LogP contribution in [-0.2, 0) is 6.42 Å². The predicted octanol–water partition coefficient (Wildman–Crippen LogP) is 1.48. The largest absolute Gasteiger partial charge is 0.859 e. The molecule has 0 amide bonds. The van der Waals surface area contributed by atoms with E-state index >= 15 is 0 Å². The average molecular weight is 468 g/mol. The van der Waals surface area contributed by atoms with Crippen LogP contribution in [-0.4, -0.2) is 37.0 Å². The van der Waals surface area contributed by atoms with Gasteiger partial charge in [0.2, 0.25) is 12.5 Å². The molecule has 3 aromatic rings. The number of nitrogens with zero attached hydrogens (tertiary/aromatic N) is 1. The fourth-order valence-corrected chi connectivity index (χ4v) is 5.30. The molecule has 5 rings (SSSR count). The third kappa shape index (κ3) is 3.39. The van der Waals surface area contributed by atoms with Crippen molar-refractivity contribution >= 4 is 12.2 Å². The molecule has 0 aliphatic carbocycles. The van der Waals surface area contributed by atoms with Gasteiger partial charge in [0.25, 0.3) is 5.56 Å². The molecule has 2 aliphatic heterocycles.